The van der Waals surface area contributed by atoms with Crippen LogP contribution < -0.4 is 10.6 Å². The van der Waals surface area contributed by atoms with Gasteiger partial charge in [-0.25, -0.2) is 0 Å². The van der Waals surface area contributed by atoms with Crippen LogP contribution in [0.1, 0.15) is 46.0 Å². The third-order valence-electron chi connectivity index (χ3n) is 4.01. The summed E-state index contributed by atoms with van der Waals surface area (Å²) in [6.45, 7) is 7.67. The van der Waals surface area contributed by atoms with Crippen molar-refractivity contribution < 1.29 is 4.74 Å². The molecule has 0 amide bonds. The Bertz CT molecular complexity index is 253. The lowest BCUT2D eigenvalue weighted by Crippen LogP contribution is -2.43. The molecule has 2 N–H and O–H groups in total. The highest BCUT2D eigenvalue weighted by Crippen LogP contribution is 2.40. The number of rotatable bonds is 7. The highest BCUT2D eigenvalue weighted by atomic mass is 127. The van der Waals surface area contributed by atoms with Crippen LogP contribution in [-0.4, -0.2) is 39.3 Å². The molecule has 19 heavy (non-hydrogen) atoms. The van der Waals surface area contributed by atoms with E-state index in [0.717, 1.165) is 32.3 Å². The topological polar surface area (TPSA) is 45.6 Å². The average Bonchev–Trinajstić information content (AvgIpc) is 2.87. The van der Waals surface area contributed by atoms with E-state index in [1.807, 2.05) is 14.0 Å². The standard InChI is InChI=1S/C14H29N3O.HI/c1-4-14(8-6-7-9-14)12-17-13(15-3)16-10-11-18-5-2;/h4-12H2,1-3H3,(H2,15,16,17);1H. The Morgan fingerprint density at radius 2 is 1.89 bits per heavy atom. The summed E-state index contributed by atoms with van der Waals surface area (Å²) in [5.41, 5.74) is 0.498. The van der Waals surface area contributed by atoms with Crippen molar-refractivity contribution in [1.82, 2.24) is 10.6 Å². The maximum Gasteiger partial charge on any atom is 0.191 e. The SMILES string of the molecule is CCOCCNC(=NC)NCC1(CC)CCCC1.I. The molecule has 0 saturated heterocycles. The maximum absolute atomic E-state index is 5.30. The number of guanidine groups is 1. The summed E-state index contributed by atoms with van der Waals surface area (Å²) in [5, 5.41) is 6.75. The largest absolute Gasteiger partial charge is 0.380 e. The Morgan fingerprint density at radius 3 is 2.42 bits per heavy atom. The molecular weight excluding hydrogens is 353 g/mol. The predicted octanol–water partition coefficient (Wildman–Crippen LogP) is 2.78. The van der Waals surface area contributed by atoms with E-state index in [4.69, 9.17) is 4.74 Å². The molecule has 0 bridgehead atoms. The zero-order valence-corrected chi connectivity index (χ0v) is 15.0. The number of hydrogen-bond donors (Lipinski definition) is 2. The molecule has 0 aromatic heterocycles. The third-order valence-corrected chi connectivity index (χ3v) is 4.01. The highest BCUT2D eigenvalue weighted by molar-refractivity contribution is 14.0. The quantitative estimate of drug-likeness (QED) is 0.308. The average molecular weight is 383 g/mol. The molecule has 1 fully saturated rings. The fourth-order valence-electron chi connectivity index (χ4n) is 2.66. The first-order chi connectivity index (χ1) is 8.76. The van der Waals surface area contributed by atoms with Crippen molar-refractivity contribution in [2.45, 2.75) is 46.0 Å². The van der Waals surface area contributed by atoms with E-state index in [1.165, 1.54) is 32.1 Å². The second-order valence-electron chi connectivity index (χ2n) is 5.11. The van der Waals surface area contributed by atoms with Crippen LogP contribution in [0, 0.1) is 5.41 Å². The monoisotopic (exact) mass is 383 g/mol. The van der Waals surface area contributed by atoms with E-state index in [0.29, 0.717) is 5.41 Å². The minimum Gasteiger partial charge on any atom is -0.380 e. The first-order valence-electron chi connectivity index (χ1n) is 7.28. The molecule has 0 aromatic rings. The Labute approximate surface area is 135 Å². The fraction of sp³-hybridized carbons (Fsp3) is 0.929. The van der Waals surface area contributed by atoms with Crippen LogP contribution in [0.5, 0.6) is 0 Å². The molecule has 1 aliphatic carbocycles. The van der Waals surface area contributed by atoms with Gasteiger partial charge < -0.3 is 15.4 Å². The van der Waals surface area contributed by atoms with Gasteiger partial charge in [0.05, 0.1) is 6.61 Å². The minimum absolute atomic E-state index is 0. The van der Waals surface area contributed by atoms with E-state index >= 15 is 0 Å². The zero-order valence-electron chi connectivity index (χ0n) is 12.6. The van der Waals surface area contributed by atoms with Crippen molar-refractivity contribution in [3.63, 3.8) is 0 Å². The van der Waals surface area contributed by atoms with Crippen molar-refractivity contribution in [3.05, 3.63) is 0 Å². The molecule has 0 heterocycles. The second kappa shape index (κ2) is 10.7. The van der Waals surface area contributed by atoms with E-state index in [-0.39, 0.29) is 24.0 Å². The highest BCUT2D eigenvalue weighted by Gasteiger charge is 2.31. The van der Waals surface area contributed by atoms with Crippen molar-refractivity contribution in [2.24, 2.45) is 10.4 Å². The zero-order chi connectivity index (χ0) is 13.3. The van der Waals surface area contributed by atoms with Gasteiger partial charge in [-0.1, -0.05) is 19.8 Å². The summed E-state index contributed by atoms with van der Waals surface area (Å²) in [4.78, 5) is 4.25. The molecule has 4 nitrogen and oxygen atoms in total. The van der Waals surface area contributed by atoms with E-state index < -0.39 is 0 Å². The number of aliphatic imine (C=N–C) groups is 1. The first-order valence-corrected chi connectivity index (χ1v) is 7.28. The lowest BCUT2D eigenvalue weighted by Gasteiger charge is -2.28. The summed E-state index contributed by atoms with van der Waals surface area (Å²) in [5.74, 6) is 0.898. The molecule has 1 saturated carbocycles. The van der Waals surface area contributed by atoms with Crippen molar-refractivity contribution in [2.75, 3.05) is 33.4 Å². The molecular formula is C14H30IN3O. The van der Waals surface area contributed by atoms with Gasteiger partial charge in [0.25, 0.3) is 0 Å². The molecule has 0 unspecified atom stereocenters. The lowest BCUT2D eigenvalue weighted by atomic mass is 9.83. The summed E-state index contributed by atoms with van der Waals surface area (Å²) in [6, 6.07) is 0. The van der Waals surface area contributed by atoms with Gasteiger partial charge in [0.1, 0.15) is 0 Å². The molecule has 1 aliphatic rings. The number of nitrogens with zero attached hydrogens (tertiary/aromatic N) is 1. The first kappa shape index (κ1) is 19.0. The van der Waals surface area contributed by atoms with Gasteiger partial charge >= 0.3 is 0 Å². The van der Waals surface area contributed by atoms with Crippen LogP contribution in [0.2, 0.25) is 0 Å². The minimum atomic E-state index is 0. The Kier molecular flexibility index (Phi) is 10.7. The van der Waals surface area contributed by atoms with Crippen LogP contribution in [0.3, 0.4) is 0 Å². The second-order valence-corrected chi connectivity index (χ2v) is 5.11. The molecule has 1 rings (SSSR count). The number of halogens is 1. The number of ether oxygens (including phenoxy) is 1. The van der Waals surface area contributed by atoms with Crippen molar-refractivity contribution in [3.8, 4) is 0 Å². The summed E-state index contributed by atoms with van der Waals surface area (Å²) < 4.78 is 5.30. The summed E-state index contributed by atoms with van der Waals surface area (Å²) >= 11 is 0. The smallest absolute Gasteiger partial charge is 0.191 e. The summed E-state index contributed by atoms with van der Waals surface area (Å²) in [7, 11) is 1.82. The molecule has 114 valence electrons. The van der Waals surface area contributed by atoms with Crippen molar-refractivity contribution in [1.29, 1.82) is 0 Å². The van der Waals surface area contributed by atoms with Gasteiger partial charge in [-0.2, -0.15) is 0 Å². The Balaban J connectivity index is 0.00000324. The normalized spacial score (nSPS) is 17.9. The van der Waals surface area contributed by atoms with Crippen LogP contribution >= 0.6 is 24.0 Å². The van der Waals surface area contributed by atoms with Crippen LogP contribution in [0.15, 0.2) is 4.99 Å². The van der Waals surface area contributed by atoms with Gasteiger partial charge in [0, 0.05) is 26.7 Å². The van der Waals surface area contributed by atoms with Gasteiger partial charge in [-0.3, -0.25) is 4.99 Å². The van der Waals surface area contributed by atoms with Crippen LogP contribution in [-0.2, 0) is 4.74 Å². The Hall–Kier alpha value is -0.0400. The maximum atomic E-state index is 5.30. The molecule has 0 atom stereocenters. The number of nitrogens with one attached hydrogen (secondary N) is 2. The number of hydrogen-bond acceptors (Lipinski definition) is 2. The lowest BCUT2D eigenvalue weighted by molar-refractivity contribution is 0.152. The van der Waals surface area contributed by atoms with Gasteiger partial charge in [0.2, 0.25) is 0 Å². The molecule has 0 radical (unpaired) electrons. The molecule has 5 heteroatoms. The summed E-state index contributed by atoms with van der Waals surface area (Å²) in [6.07, 6.45) is 6.73. The van der Waals surface area contributed by atoms with Gasteiger partial charge in [-0.15, -0.1) is 24.0 Å². The molecule has 0 aromatic carbocycles. The third kappa shape index (κ3) is 6.79. The van der Waals surface area contributed by atoms with E-state index in [1.54, 1.807) is 0 Å². The van der Waals surface area contributed by atoms with E-state index in [9.17, 15) is 0 Å². The van der Waals surface area contributed by atoms with Gasteiger partial charge in [0.15, 0.2) is 5.96 Å². The van der Waals surface area contributed by atoms with Crippen molar-refractivity contribution >= 4 is 29.9 Å². The molecule has 0 aliphatic heterocycles. The van der Waals surface area contributed by atoms with Gasteiger partial charge in [-0.05, 0) is 31.6 Å². The van der Waals surface area contributed by atoms with Crippen LogP contribution in [0.4, 0.5) is 0 Å². The fourth-order valence-corrected chi connectivity index (χ4v) is 2.66. The van der Waals surface area contributed by atoms with Crippen LogP contribution in [0.25, 0.3) is 0 Å². The predicted molar refractivity (Wildman–Crippen MR) is 92.5 cm³/mol. The molecule has 0 spiro atoms. The van der Waals surface area contributed by atoms with E-state index in [2.05, 4.69) is 22.5 Å². The Morgan fingerprint density at radius 1 is 1.21 bits per heavy atom.